The number of H-pyrrole nitrogens is 1. The molecule has 5 rings (SSSR count). The number of carboxylic acid groups (broad SMARTS) is 1. The first kappa shape index (κ1) is 21.4. The lowest BCUT2D eigenvalue weighted by Crippen LogP contribution is -2.44. The number of methoxy groups -OCH3 is 1. The second-order valence-electron chi connectivity index (χ2n) is 8.08. The Labute approximate surface area is 196 Å². The van der Waals surface area contributed by atoms with Crippen LogP contribution in [0.15, 0.2) is 66.7 Å². The fourth-order valence-electron chi connectivity index (χ4n) is 4.38. The quantitative estimate of drug-likeness (QED) is 0.371. The molecular formula is C26H23ClN2O4. The van der Waals surface area contributed by atoms with Crippen LogP contribution in [0.5, 0.6) is 11.5 Å². The maximum Gasteiger partial charge on any atom is 0.321 e. The molecule has 1 aliphatic heterocycles. The number of benzene rings is 3. The van der Waals surface area contributed by atoms with Crippen LogP contribution in [0.3, 0.4) is 0 Å². The van der Waals surface area contributed by atoms with Gasteiger partial charge in [0.25, 0.3) is 0 Å². The van der Waals surface area contributed by atoms with Gasteiger partial charge in [-0.25, -0.2) is 0 Å². The topological polar surface area (TPSA) is 83.6 Å². The zero-order chi connectivity index (χ0) is 22.9. The van der Waals surface area contributed by atoms with E-state index in [-0.39, 0.29) is 6.04 Å². The van der Waals surface area contributed by atoms with Crippen LogP contribution in [0.4, 0.5) is 0 Å². The molecule has 1 aliphatic rings. The molecule has 0 saturated heterocycles. The average Bonchev–Trinajstić information content (AvgIpc) is 3.21. The Hall–Kier alpha value is -3.48. The van der Waals surface area contributed by atoms with Crippen molar-refractivity contribution in [3.63, 3.8) is 0 Å². The van der Waals surface area contributed by atoms with Gasteiger partial charge in [-0.15, -0.1) is 0 Å². The monoisotopic (exact) mass is 462 g/mol. The molecule has 0 radical (unpaired) electrons. The number of hydrogen-bond acceptors (Lipinski definition) is 4. The first-order valence-electron chi connectivity index (χ1n) is 10.7. The number of carboxylic acids is 1. The molecule has 0 aliphatic carbocycles. The van der Waals surface area contributed by atoms with Gasteiger partial charge < -0.3 is 19.6 Å². The highest BCUT2D eigenvalue weighted by molar-refractivity contribution is 6.30. The number of aromatic amines is 1. The highest BCUT2D eigenvalue weighted by Crippen LogP contribution is 2.38. The van der Waals surface area contributed by atoms with Crippen molar-refractivity contribution >= 4 is 28.5 Å². The third-order valence-corrected chi connectivity index (χ3v) is 6.29. The Morgan fingerprint density at radius 1 is 1.09 bits per heavy atom. The van der Waals surface area contributed by atoms with Gasteiger partial charge >= 0.3 is 5.97 Å². The van der Waals surface area contributed by atoms with Gasteiger partial charge in [0, 0.05) is 28.0 Å². The van der Waals surface area contributed by atoms with E-state index >= 15 is 0 Å². The van der Waals surface area contributed by atoms with E-state index in [4.69, 9.17) is 21.1 Å². The number of halogens is 1. The van der Waals surface area contributed by atoms with Crippen molar-refractivity contribution in [2.75, 3.05) is 7.11 Å². The highest BCUT2D eigenvalue weighted by Gasteiger charge is 2.34. The van der Waals surface area contributed by atoms with Crippen molar-refractivity contribution in [1.29, 1.82) is 0 Å². The lowest BCUT2D eigenvalue weighted by Gasteiger charge is -2.30. The van der Waals surface area contributed by atoms with E-state index in [1.807, 2.05) is 66.7 Å². The summed E-state index contributed by atoms with van der Waals surface area (Å²) >= 11 is 5.95. The lowest BCUT2D eigenvalue weighted by molar-refractivity contribution is -0.139. The minimum absolute atomic E-state index is 0.318. The van der Waals surface area contributed by atoms with E-state index in [0.29, 0.717) is 29.5 Å². The number of rotatable bonds is 6. The molecule has 33 heavy (non-hydrogen) atoms. The van der Waals surface area contributed by atoms with Crippen molar-refractivity contribution in [2.24, 2.45) is 0 Å². The van der Waals surface area contributed by atoms with Gasteiger partial charge in [-0.3, -0.25) is 10.1 Å². The molecule has 2 atom stereocenters. The van der Waals surface area contributed by atoms with E-state index < -0.39 is 12.0 Å². The number of para-hydroxylation sites is 1. The fraction of sp³-hybridized carbons (Fsp3) is 0.192. The maximum absolute atomic E-state index is 11.9. The predicted octanol–water partition coefficient (Wildman–Crippen LogP) is 5.10. The van der Waals surface area contributed by atoms with Gasteiger partial charge in [0.1, 0.15) is 12.6 Å². The van der Waals surface area contributed by atoms with Gasteiger partial charge in [0.05, 0.1) is 13.2 Å². The zero-order valence-electron chi connectivity index (χ0n) is 18.0. The second kappa shape index (κ2) is 8.81. The molecule has 0 fully saturated rings. The molecule has 0 bridgehead atoms. The Balaban J connectivity index is 1.48. The number of aliphatic carboxylic acids is 1. The van der Waals surface area contributed by atoms with E-state index in [0.717, 1.165) is 33.3 Å². The summed E-state index contributed by atoms with van der Waals surface area (Å²) in [5.74, 6) is 0.322. The molecule has 2 unspecified atom stereocenters. The largest absolute Gasteiger partial charge is 0.493 e. The van der Waals surface area contributed by atoms with Gasteiger partial charge in [-0.1, -0.05) is 48.0 Å². The highest BCUT2D eigenvalue weighted by atomic mass is 35.5. The summed E-state index contributed by atoms with van der Waals surface area (Å²) in [6, 6.07) is 20.2. The number of nitrogens with one attached hydrogen (secondary N) is 2. The van der Waals surface area contributed by atoms with Crippen molar-refractivity contribution < 1.29 is 19.4 Å². The van der Waals surface area contributed by atoms with Crippen LogP contribution in [0.25, 0.3) is 10.9 Å². The van der Waals surface area contributed by atoms with Crippen LogP contribution in [-0.4, -0.2) is 29.2 Å². The molecule has 3 aromatic carbocycles. The number of aromatic nitrogens is 1. The maximum atomic E-state index is 11.9. The van der Waals surface area contributed by atoms with E-state index in [9.17, 15) is 9.90 Å². The average molecular weight is 463 g/mol. The Kier molecular flexibility index (Phi) is 5.70. The van der Waals surface area contributed by atoms with Crippen molar-refractivity contribution in [3.8, 4) is 11.5 Å². The summed E-state index contributed by atoms with van der Waals surface area (Å²) in [5.41, 5.74) is 4.89. The van der Waals surface area contributed by atoms with Gasteiger partial charge in [-0.05, 0) is 47.0 Å². The van der Waals surface area contributed by atoms with E-state index in [1.54, 1.807) is 7.11 Å². The normalized spacial score (nSPS) is 17.5. The fourth-order valence-corrected chi connectivity index (χ4v) is 4.51. The third kappa shape index (κ3) is 4.15. The molecule has 1 aromatic heterocycles. The summed E-state index contributed by atoms with van der Waals surface area (Å²) < 4.78 is 11.6. The summed E-state index contributed by atoms with van der Waals surface area (Å²) in [7, 11) is 1.59. The van der Waals surface area contributed by atoms with Crippen LogP contribution < -0.4 is 14.8 Å². The number of fused-ring (bicyclic) bond motifs is 3. The summed E-state index contributed by atoms with van der Waals surface area (Å²) in [4.78, 5) is 15.4. The Bertz CT molecular complexity index is 1320. The summed E-state index contributed by atoms with van der Waals surface area (Å²) in [6.07, 6.45) is 0.421. The second-order valence-corrected chi connectivity index (χ2v) is 8.52. The Morgan fingerprint density at radius 2 is 1.88 bits per heavy atom. The van der Waals surface area contributed by atoms with Crippen LogP contribution in [0.2, 0.25) is 5.02 Å². The van der Waals surface area contributed by atoms with Gasteiger partial charge in [0.2, 0.25) is 0 Å². The van der Waals surface area contributed by atoms with Crippen LogP contribution in [0, 0.1) is 0 Å². The number of carbonyl (C=O) groups is 1. The first-order valence-corrected chi connectivity index (χ1v) is 11.0. The molecule has 0 saturated carbocycles. The van der Waals surface area contributed by atoms with Crippen molar-refractivity contribution in [2.45, 2.75) is 25.1 Å². The molecular weight excluding hydrogens is 440 g/mol. The number of ether oxygens (including phenoxy) is 2. The van der Waals surface area contributed by atoms with Gasteiger partial charge in [0.15, 0.2) is 11.5 Å². The molecule has 4 aromatic rings. The predicted molar refractivity (Wildman–Crippen MR) is 127 cm³/mol. The first-order chi connectivity index (χ1) is 16.0. The van der Waals surface area contributed by atoms with Crippen molar-refractivity contribution in [1.82, 2.24) is 10.3 Å². The minimum atomic E-state index is -0.870. The van der Waals surface area contributed by atoms with Crippen molar-refractivity contribution in [3.05, 3.63) is 94.1 Å². The lowest BCUT2D eigenvalue weighted by atomic mass is 9.90. The molecule has 0 amide bonds. The SMILES string of the molecule is COc1cc(C2NC(C(=O)O)Cc3c2[nH]c2ccccc32)ccc1OCc1ccc(Cl)cc1. The van der Waals surface area contributed by atoms with E-state index in [2.05, 4.69) is 10.3 Å². The Morgan fingerprint density at radius 3 is 2.64 bits per heavy atom. The molecule has 168 valence electrons. The van der Waals surface area contributed by atoms with E-state index in [1.165, 1.54) is 0 Å². The molecule has 0 spiro atoms. The molecule has 3 N–H and O–H groups in total. The summed E-state index contributed by atoms with van der Waals surface area (Å²) in [6.45, 7) is 0.377. The minimum Gasteiger partial charge on any atom is -0.493 e. The zero-order valence-corrected chi connectivity index (χ0v) is 18.7. The van der Waals surface area contributed by atoms with Crippen LogP contribution in [0.1, 0.15) is 28.4 Å². The smallest absolute Gasteiger partial charge is 0.321 e. The molecule has 7 heteroatoms. The van der Waals surface area contributed by atoms with Crippen LogP contribution in [-0.2, 0) is 17.8 Å². The standard InChI is InChI=1S/C26H23ClN2O4/c1-32-23-12-16(8-11-22(23)33-14-15-6-9-17(27)10-7-15)24-25-19(13-21(29-24)26(30)31)18-4-2-3-5-20(18)28-25/h2-12,21,24,28-29H,13-14H2,1H3,(H,30,31). The van der Waals surface area contributed by atoms with Gasteiger partial charge in [-0.2, -0.15) is 0 Å². The third-order valence-electron chi connectivity index (χ3n) is 6.04. The summed E-state index contributed by atoms with van der Waals surface area (Å²) in [5, 5.41) is 14.8. The van der Waals surface area contributed by atoms with Crippen LogP contribution >= 0.6 is 11.6 Å². The number of hydrogen-bond donors (Lipinski definition) is 3. The molecule has 6 nitrogen and oxygen atoms in total. The molecule has 2 heterocycles.